The number of hydrogen-bond donors (Lipinski definition) is 1. The molecule has 1 fully saturated rings. The summed E-state index contributed by atoms with van der Waals surface area (Å²) < 4.78 is 7.58. The Morgan fingerprint density at radius 1 is 1.61 bits per heavy atom. The van der Waals surface area contributed by atoms with Crippen LogP contribution in [0.15, 0.2) is 11.6 Å². The summed E-state index contributed by atoms with van der Waals surface area (Å²) in [4.78, 5) is 8.11. The molecular formula is C12H18N4OS. The van der Waals surface area contributed by atoms with Crippen molar-refractivity contribution in [1.82, 2.24) is 9.38 Å². The minimum Gasteiger partial charge on any atom is -0.380 e. The van der Waals surface area contributed by atoms with Gasteiger partial charge in [-0.2, -0.15) is 0 Å². The number of fused-ring (bicyclic) bond motifs is 1. The maximum atomic E-state index is 5.72. The molecule has 0 aromatic carbocycles. The van der Waals surface area contributed by atoms with Crippen molar-refractivity contribution in [1.29, 1.82) is 0 Å². The molecule has 98 valence electrons. The Bertz CT molecular complexity index is 535. The van der Waals surface area contributed by atoms with E-state index in [0.717, 1.165) is 36.7 Å². The SMILES string of the molecule is COC1CCN(c2nc3sccn3c2CCN)C1. The lowest BCUT2D eigenvalue weighted by molar-refractivity contribution is 0.121. The summed E-state index contributed by atoms with van der Waals surface area (Å²) in [5, 5.41) is 2.06. The van der Waals surface area contributed by atoms with Gasteiger partial charge in [0.05, 0.1) is 11.8 Å². The molecule has 0 amide bonds. The number of anilines is 1. The molecule has 0 saturated carbocycles. The first-order valence-electron chi connectivity index (χ1n) is 6.25. The van der Waals surface area contributed by atoms with Crippen LogP contribution in [0.3, 0.4) is 0 Å². The van der Waals surface area contributed by atoms with Crippen LogP contribution in [0.5, 0.6) is 0 Å². The minimum absolute atomic E-state index is 0.329. The third kappa shape index (κ3) is 1.90. The molecule has 0 spiro atoms. The van der Waals surface area contributed by atoms with E-state index in [1.165, 1.54) is 5.69 Å². The van der Waals surface area contributed by atoms with Crippen LogP contribution in [0.25, 0.3) is 4.96 Å². The van der Waals surface area contributed by atoms with Crippen molar-refractivity contribution in [3.05, 3.63) is 17.3 Å². The fraction of sp³-hybridized carbons (Fsp3) is 0.583. The molecule has 1 atom stereocenters. The first-order chi connectivity index (χ1) is 8.83. The quantitative estimate of drug-likeness (QED) is 0.901. The van der Waals surface area contributed by atoms with Gasteiger partial charge in [-0.05, 0) is 13.0 Å². The molecule has 3 rings (SSSR count). The van der Waals surface area contributed by atoms with Crippen LogP contribution < -0.4 is 10.6 Å². The van der Waals surface area contributed by atoms with Gasteiger partial charge in [-0.25, -0.2) is 4.98 Å². The van der Waals surface area contributed by atoms with Crippen LogP contribution in [0.1, 0.15) is 12.1 Å². The van der Waals surface area contributed by atoms with Crippen molar-refractivity contribution in [2.24, 2.45) is 5.73 Å². The number of aromatic nitrogens is 2. The van der Waals surface area contributed by atoms with Gasteiger partial charge in [0.25, 0.3) is 0 Å². The van der Waals surface area contributed by atoms with Gasteiger partial charge in [0.2, 0.25) is 0 Å². The van der Waals surface area contributed by atoms with Gasteiger partial charge in [-0.15, -0.1) is 11.3 Å². The topological polar surface area (TPSA) is 55.8 Å². The van der Waals surface area contributed by atoms with Gasteiger partial charge < -0.3 is 15.4 Å². The highest BCUT2D eigenvalue weighted by atomic mass is 32.1. The third-order valence-electron chi connectivity index (χ3n) is 3.50. The van der Waals surface area contributed by atoms with E-state index in [4.69, 9.17) is 15.5 Å². The zero-order valence-electron chi connectivity index (χ0n) is 10.5. The molecule has 5 nitrogen and oxygen atoms in total. The molecule has 2 aromatic heterocycles. The summed E-state index contributed by atoms with van der Waals surface area (Å²) in [6.07, 6.45) is 4.34. The largest absolute Gasteiger partial charge is 0.380 e. The average Bonchev–Trinajstić information content (AvgIpc) is 3.04. The van der Waals surface area contributed by atoms with Gasteiger partial charge in [-0.3, -0.25) is 4.40 Å². The molecule has 18 heavy (non-hydrogen) atoms. The number of ether oxygens (including phenoxy) is 1. The van der Waals surface area contributed by atoms with Gasteiger partial charge in [-0.1, -0.05) is 0 Å². The number of imidazole rings is 1. The molecule has 6 heteroatoms. The van der Waals surface area contributed by atoms with Crippen molar-refractivity contribution in [3.8, 4) is 0 Å². The highest BCUT2D eigenvalue weighted by Crippen LogP contribution is 2.28. The Kier molecular flexibility index (Phi) is 3.23. The van der Waals surface area contributed by atoms with E-state index in [1.807, 2.05) is 0 Å². The standard InChI is InChI=1S/C12H18N4OS/c1-17-9-3-5-15(8-9)11-10(2-4-13)16-6-7-18-12(16)14-11/h6-7,9H,2-5,8,13H2,1H3. The molecule has 0 bridgehead atoms. The van der Waals surface area contributed by atoms with E-state index in [2.05, 4.69) is 20.9 Å². The number of nitrogens with zero attached hydrogens (tertiary/aromatic N) is 3. The van der Waals surface area contributed by atoms with Gasteiger partial charge >= 0.3 is 0 Å². The third-order valence-corrected chi connectivity index (χ3v) is 4.26. The molecule has 3 heterocycles. The molecule has 1 saturated heterocycles. The predicted octanol–water partition coefficient (Wildman–Crippen LogP) is 1.12. The van der Waals surface area contributed by atoms with E-state index in [-0.39, 0.29) is 0 Å². The first kappa shape index (κ1) is 12.0. The van der Waals surface area contributed by atoms with Crippen molar-refractivity contribution in [3.63, 3.8) is 0 Å². The van der Waals surface area contributed by atoms with Crippen LogP contribution in [-0.2, 0) is 11.2 Å². The fourth-order valence-electron chi connectivity index (χ4n) is 2.56. The van der Waals surface area contributed by atoms with Crippen molar-refractivity contribution < 1.29 is 4.74 Å². The van der Waals surface area contributed by atoms with Crippen molar-refractivity contribution in [2.45, 2.75) is 18.9 Å². The lowest BCUT2D eigenvalue weighted by atomic mass is 10.3. The first-order valence-corrected chi connectivity index (χ1v) is 7.13. The highest BCUT2D eigenvalue weighted by Gasteiger charge is 2.26. The van der Waals surface area contributed by atoms with Crippen LogP contribution >= 0.6 is 11.3 Å². The zero-order valence-corrected chi connectivity index (χ0v) is 11.3. The van der Waals surface area contributed by atoms with E-state index < -0.39 is 0 Å². The predicted molar refractivity (Wildman–Crippen MR) is 73.5 cm³/mol. The Morgan fingerprint density at radius 3 is 3.22 bits per heavy atom. The summed E-state index contributed by atoms with van der Waals surface area (Å²) in [5.41, 5.74) is 6.95. The van der Waals surface area contributed by atoms with E-state index in [0.29, 0.717) is 12.6 Å². The monoisotopic (exact) mass is 266 g/mol. The number of nitrogens with two attached hydrogens (primary N) is 1. The molecular weight excluding hydrogens is 248 g/mol. The summed E-state index contributed by atoms with van der Waals surface area (Å²) in [6.45, 7) is 2.60. The Labute approximate surface area is 110 Å². The molecule has 0 aliphatic carbocycles. The Balaban J connectivity index is 1.95. The Morgan fingerprint density at radius 2 is 2.50 bits per heavy atom. The minimum atomic E-state index is 0.329. The van der Waals surface area contributed by atoms with E-state index in [1.54, 1.807) is 18.4 Å². The summed E-state index contributed by atoms with van der Waals surface area (Å²) in [5.74, 6) is 1.09. The van der Waals surface area contributed by atoms with Crippen LogP contribution in [0.4, 0.5) is 5.82 Å². The zero-order chi connectivity index (χ0) is 12.5. The lowest BCUT2D eigenvalue weighted by Crippen LogP contribution is -2.24. The fourth-order valence-corrected chi connectivity index (χ4v) is 3.28. The molecule has 2 aromatic rings. The molecule has 1 aliphatic rings. The van der Waals surface area contributed by atoms with Crippen LogP contribution in [0, 0.1) is 0 Å². The number of thiazole rings is 1. The van der Waals surface area contributed by atoms with Gasteiger partial charge in [0.15, 0.2) is 10.8 Å². The van der Waals surface area contributed by atoms with Crippen molar-refractivity contribution >= 4 is 22.1 Å². The normalized spacial score (nSPS) is 20.1. The van der Waals surface area contributed by atoms with Gasteiger partial charge in [0, 0.05) is 38.2 Å². The molecule has 1 aliphatic heterocycles. The summed E-state index contributed by atoms with van der Waals surface area (Å²) >= 11 is 1.67. The maximum absolute atomic E-state index is 5.72. The smallest absolute Gasteiger partial charge is 0.195 e. The van der Waals surface area contributed by atoms with E-state index in [9.17, 15) is 0 Å². The number of rotatable bonds is 4. The summed E-state index contributed by atoms with van der Waals surface area (Å²) in [7, 11) is 1.78. The Hall–Kier alpha value is -1.11. The molecule has 1 unspecified atom stereocenters. The summed E-state index contributed by atoms with van der Waals surface area (Å²) in [6, 6.07) is 0. The van der Waals surface area contributed by atoms with Crippen LogP contribution in [-0.4, -0.2) is 42.2 Å². The van der Waals surface area contributed by atoms with E-state index >= 15 is 0 Å². The molecule has 2 N–H and O–H groups in total. The van der Waals surface area contributed by atoms with Crippen LogP contribution in [0.2, 0.25) is 0 Å². The second-order valence-corrected chi connectivity index (χ2v) is 5.44. The molecule has 0 radical (unpaired) electrons. The van der Waals surface area contributed by atoms with Gasteiger partial charge in [0.1, 0.15) is 0 Å². The average molecular weight is 266 g/mol. The second kappa shape index (κ2) is 4.87. The second-order valence-electron chi connectivity index (χ2n) is 4.57. The number of hydrogen-bond acceptors (Lipinski definition) is 5. The lowest BCUT2D eigenvalue weighted by Gasteiger charge is -2.17. The highest BCUT2D eigenvalue weighted by molar-refractivity contribution is 7.15. The number of methoxy groups -OCH3 is 1. The van der Waals surface area contributed by atoms with Crippen molar-refractivity contribution in [2.75, 3.05) is 31.6 Å². The maximum Gasteiger partial charge on any atom is 0.195 e.